The molecule has 1 saturated heterocycles. The van der Waals surface area contributed by atoms with E-state index in [9.17, 15) is 9.18 Å². The van der Waals surface area contributed by atoms with Crippen LogP contribution in [0.25, 0.3) is 22.3 Å². The molecule has 0 radical (unpaired) electrons. The molecule has 1 amide bonds. The monoisotopic (exact) mass is 509 g/mol. The number of hydrogen-bond donors (Lipinski definition) is 0. The molecule has 0 N–H and O–H groups in total. The maximum atomic E-state index is 13.7. The molecule has 8 heteroatoms. The maximum absolute atomic E-state index is 13.7. The number of hydrogen-bond acceptors (Lipinski definition) is 4. The summed E-state index contributed by atoms with van der Waals surface area (Å²) in [6.07, 6.45) is 4.50. The largest absolute Gasteiger partial charge is 0.325 e. The van der Waals surface area contributed by atoms with Crippen molar-refractivity contribution in [2.45, 2.75) is 83.1 Å². The quantitative estimate of drug-likeness (QED) is 0.400. The van der Waals surface area contributed by atoms with Crippen molar-refractivity contribution in [3.8, 4) is 11.3 Å². The van der Waals surface area contributed by atoms with E-state index in [1.807, 2.05) is 37.2 Å². The molecule has 3 aromatic rings. The highest BCUT2D eigenvalue weighted by atomic mass is 35.5. The van der Waals surface area contributed by atoms with Crippen LogP contribution in [-0.2, 0) is 10.2 Å². The Morgan fingerprint density at radius 2 is 2.00 bits per heavy atom. The van der Waals surface area contributed by atoms with Gasteiger partial charge in [0.2, 0.25) is 5.91 Å². The zero-order chi connectivity index (χ0) is 25.4. The fourth-order valence-electron chi connectivity index (χ4n) is 6.14. The van der Waals surface area contributed by atoms with Gasteiger partial charge in [0.15, 0.2) is 5.15 Å². The number of carbonyl (C=O) groups excluding carboxylic acids is 1. The number of carbonyl (C=O) groups is 1. The summed E-state index contributed by atoms with van der Waals surface area (Å²) in [5, 5.41) is 0.438. The standard InChI is InChI=1S/C28H33ClFN5O/c1-5-16(2)34-15-31-23-13-22(32-26(29)25(23)34)17-6-7-21-24(10-17)35(27(36)28(21,3)4)20-11-19(12-20)33-9-8-18(30)14-33/h6-7,10,13,15-16,18-20H,5,8-9,11-12,14H2,1-4H3/t16-,18?,19?,20?/m0/s1. The van der Waals surface area contributed by atoms with E-state index in [2.05, 4.69) is 40.4 Å². The van der Waals surface area contributed by atoms with Gasteiger partial charge < -0.3 is 9.47 Å². The third kappa shape index (κ3) is 3.58. The Balaban J connectivity index is 1.33. The highest BCUT2D eigenvalue weighted by molar-refractivity contribution is 6.34. The summed E-state index contributed by atoms with van der Waals surface area (Å²) in [5.41, 5.74) is 4.75. The van der Waals surface area contributed by atoms with E-state index in [-0.39, 0.29) is 18.0 Å². The van der Waals surface area contributed by atoms with Crippen molar-refractivity contribution in [1.29, 1.82) is 0 Å². The number of pyridine rings is 1. The first-order valence-electron chi connectivity index (χ1n) is 13.1. The van der Waals surface area contributed by atoms with Gasteiger partial charge in [-0.05, 0) is 64.2 Å². The first-order chi connectivity index (χ1) is 17.2. The van der Waals surface area contributed by atoms with Gasteiger partial charge in [0.1, 0.15) is 11.7 Å². The van der Waals surface area contributed by atoms with Crippen LogP contribution in [0.1, 0.15) is 65.0 Å². The lowest BCUT2D eigenvalue weighted by atomic mass is 9.83. The van der Waals surface area contributed by atoms with Gasteiger partial charge in [-0.1, -0.05) is 30.7 Å². The summed E-state index contributed by atoms with van der Waals surface area (Å²) in [7, 11) is 0. The Morgan fingerprint density at radius 3 is 2.69 bits per heavy atom. The van der Waals surface area contributed by atoms with Gasteiger partial charge in [0, 0.05) is 42.5 Å². The van der Waals surface area contributed by atoms with Crippen LogP contribution >= 0.6 is 11.6 Å². The first kappa shape index (κ1) is 23.9. The van der Waals surface area contributed by atoms with Crippen LogP contribution in [-0.4, -0.2) is 56.7 Å². The number of fused-ring (bicyclic) bond motifs is 2. The van der Waals surface area contributed by atoms with Gasteiger partial charge in [-0.15, -0.1) is 0 Å². The third-order valence-corrected chi connectivity index (χ3v) is 8.95. The van der Waals surface area contributed by atoms with Crippen LogP contribution in [0.4, 0.5) is 10.1 Å². The predicted octanol–water partition coefficient (Wildman–Crippen LogP) is 5.92. The molecule has 3 aliphatic rings. The molecule has 1 unspecified atom stereocenters. The Bertz CT molecular complexity index is 1350. The van der Waals surface area contributed by atoms with Gasteiger partial charge in [0.25, 0.3) is 0 Å². The molecule has 2 fully saturated rings. The molecular weight excluding hydrogens is 477 g/mol. The molecule has 190 valence electrons. The molecule has 1 aromatic carbocycles. The van der Waals surface area contributed by atoms with Crippen molar-refractivity contribution in [3.63, 3.8) is 0 Å². The van der Waals surface area contributed by atoms with Crippen molar-refractivity contribution in [2.24, 2.45) is 0 Å². The van der Waals surface area contributed by atoms with E-state index < -0.39 is 11.6 Å². The summed E-state index contributed by atoms with van der Waals surface area (Å²) in [6, 6.07) is 8.94. The highest BCUT2D eigenvalue weighted by Crippen LogP contribution is 2.48. The van der Waals surface area contributed by atoms with Crippen molar-refractivity contribution >= 4 is 34.2 Å². The molecule has 2 aliphatic heterocycles. The Kier molecular flexibility index (Phi) is 5.65. The minimum atomic E-state index is -0.715. The Morgan fingerprint density at radius 1 is 1.22 bits per heavy atom. The number of nitrogens with zero attached hydrogens (tertiary/aromatic N) is 5. The van der Waals surface area contributed by atoms with Gasteiger partial charge in [-0.25, -0.2) is 14.4 Å². The molecular formula is C28H33ClFN5O. The van der Waals surface area contributed by atoms with Gasteiger partial charge in [0.05, 0.1) is 23.0 Å². The fourth-order valence-corrected chi connectivity index (χ4v) is 6.43. The molecule has 6 rings (SSSR count). The number of imidazole rings is 1. The minimum absolute atomic E-state index is 0.136. The predicted molar refractivity (Wildman–Crippen MR) is 141 cm³/mol. The lowest BCUT2D eigenvalue weighted by Crippen LogP contribution is -2.55. The summed E-state index contributed by atoms with van der Waals surface area (Å²) >= 11 is 6.68. The molecule has 1 saturated carbocycles. The number of benzene rings is 1. The van der Waals surface area contributed by atoms with Gasteiger partial charge in [-0.2, -0.15) is 0 Å². The minimum Gasteiger partial charge on any atom is -0.325 e. The van der Waals surface area contributed by atoms with E-state index in [0.29, 0.717) is 24.2 Å². The molecule has 2 aromatic heterocycles. The zero-order valence-electron chi connectivity index (χ0n) is 21.3. The molecule has 1 aliphatic carbocycles. The number of likely N-dealkylation sites (tertiary alicyclic amines) is 1. The van der Waals surface area contributed by atoms with Crippen LogP contribution in [0.3, 0.4) is 0 Å². The van der Waals surface area contributed by atoms with E-state index >= 15 is 0 Å². The molecule has 0 bridgehead atoms. The normalized spacial score (nSPS) is 26.4. The average Bonchev–Trinajstić information content (AvgIpc) is 3.50. The molecule has 4 heterocycles. The van der Waals surface area contributed by atoms with Crippen molar-refractivity contribution in [2.75, 3.05) is 18.0 Å². The van der Waals surface area contributed by atoms with Crippen LogP contribution in [0.15, 0.2) is 30.6 Å². The molecule has 0 spiro atoms. The van der Waals surface area contributed by atoms with Gasteiger partial charge >= 0.3 is 0 Å². The second-order valence-electron chi connectivity index (χ2n) is 11.3. The molecule has 36 heavy (non-hydrogen) atoms. The molecule has 2 atom stereocenters. The van der Waals surface area contributed by atoms with Crippen molar-refractivity contribution in [1.82, 2.24) is 19.4 Å². The number of alkyl halides is 1. The Labute approximate surface area is 216 Å². The van der Waals surface area contributed by atoms with E-state index in [4.69, 9.17) is 16.6 Å². The number of rotatable bonds is 5. The zero-order valence-corrected chi connectivity index (χ0v) is 22.1. The topological polar surface area (TPSA) is 54.3 Å². The summed E-state index contributed by atoms with van der Waals surface area (Å²) in [5.74, 6) is 0.136. The fraction of sp³-hybridized carbons (Fsp3) is 0.536. The van der Waals surface area contributed by atoms with Crippen molar-refractivity contribution in [3.05, 3.63) is 41.3 Å². The highest BCUT2D eigenvalue weighted by Gasteiger charge is 2.50. The number of amides is 1. The third-order valence-electron chi connectivity index (χ3n) is 8.69. The van der Waals surface area contributed by atoms with Crippen molar-refractivity contribution < 1.29 is 9.18 Å². The number of anilines is 1. The van der Waals surface area contributed by atoms with Gasteiger partial charge in [-0.3, -0.25) is 9.69 Å². The summed E-state index contributed by atoms with van der Waals surface area (Å²) in [4.78, 5) is 27.2. The second kappa shape index (κ2) is 8.52. The van der Waals surface area contributed by atoms with Crippen LogP contribution in [0.5, 0.6) is 0 Å². The van der Waals surface area contributed by atoms with E-state index in [1.165, 1.54) is 0 Å². The number of halogens is 2. The first-order valence-corrected chi connectivity index (χ1v) is 13.5. The Hall–Kier alpha value is -2.51. The maximum Gasteiger partial charge on any atom is 0.237 e. The average molecular weight is 510 g/mol. The van der Waals surface area contributed by atoms with Crippen LogP contribution < -0.4 is 4.90 Å². The SMILES string of the molecule is CC[C@H](C)n1cnc2cc(-c3ccc4c(c3)N(C3CC(N5CCC(F)C5)C3)C(=O)C4(C)C)nc(Cl)c21. The van der Waals surface area contributed by atoms with E-state index in [1.54, 1.807) is 0 Å². The summed E-state index contributed by atoms with van der Waals surface area (Å²) < 4.78 is 15.8. The van der Waals surface area contributed by atoms with Crippen LogP contribution in [0.2, 0.25) is 5.15 Å². The second-order valence-corrected chi connectivity index (χ2v) is 11.6. The summed E-state index contributed by atoms with van der Waals surface area (Å²) in [6.45, 7) is 9.63. The van der Waals surface area contributed by atoms with Crippen LogP contribution in [0, 0.1) is 0 Å². The number of aromatic nitrogens is 3. The van der Waals surface area contributed by atoms with E-state index in [0.717, 1.165) is 59.3 Å². The molecule has 6 nitrogen and oxygen atoms in total. The lowest BCUT2D eigenvalue weighted by Gasteiger charge is -2.45. The lowest BCUT2D eigenvalue weighted by molar-refractivity contribution is -0.123. The smallest absolute Gasteiger partial charge is 0.237 e.